The van der Waals surface area contributed by atoms with Crippen molar-refractivity contribution in [3.05, 3.63) is 59.6 Å². The van der Waals surface area contributed by atoms with E-state index < -0.39 is 23.9 Å². The summed E-state index contributed by atoms with van der Waals surface area (Å²) in [5.41, 5.74) is 0.821. The first-order valence-corrected chi connectivity index (χ1v) is 7.35. The van der Waals surface area contributed by atoms with Crippen LogP contribution in [0.1, 0.15) is 11.6 Å². The lowest BCUT2D eigenvalue weighted by atomic mass is 9.93. The molecule has 3 heterocycles. The van der Waals surface area contributed by atoms with Gasteiger partial charge in [0, 0.05) is 24.0 Å². The van der Waals surface area contributed by atoms with Gasteiger partial charge in [0.1, 0.15) is 10.8 Å². The van der Waals surface area contributed by atoms with Crippen molar-refractivity contribution in [2.75, 3.05) is 0 Å². The molecule has 1 atom stereocenters. The number of hydrogen-bond donors (Lipinski definition) is 2. The molecule has 0 aliphatic rings. The first kappa shape index (κ1) is 15.9. The average molecular weight is 346 g/mol. The number of aliphatic carboxylic acids is 2. The molecule has 8 heteroatoms. The number of hydrogen-bond acceptors (Lipinski definition) is 4. The van der Waals surface area contributed by atoms with E-state index in [-0.39, 0.29) is 5.15 Å². The van der Waals surface area contributed by atoms with E-state index in [0.29, 0.717) is 16.6 Å². The van der Waals surface area contributed by atoms with Crippen molar-refractivity contribution in [3.8, 4) is 0 Å². The maximum Gasteiger partial charge on any atom is 0.320 e. The highest BCUT2D eigenvalue weighted by Gasteiger charge is 2.39. The van der Waals surface area contributed by atoms with Crippen LogP contribution in [0, 0.1) is 5.92 Å². The van der Waals surface area contributed by atoms with Crippen LogP contribution in [-0.4, -0.2) is 36.7 Å². The third-order valence-corrected chi connectivity index (χ3v) is 3.99. The Kier molecular flexibility index (Phi) is 4.18. The minimum Gasteiger partial charge on any atom is -0.481 e. The van der Waals surface area contributed by atoms with Crippen LogP contribution < -0.4 is 0 Å². The zero-order valence-electron chi connectivity index (χ0n) is 12.2. The number of pyridine rings is 2. The average Bonchev–Trinajstić information content (AvgIpc) is 2.88. The number of carbonyl (C=O) groups is 2. The smallest absolute Gasteiger partial charge is 0.320 e. The molecule has 0 spiro atoms. The number of halogens is 1. The van der Waals surface area contributed by atoms with Gasteiger partial charge in [-0.3, -0.25) is 14.6 Å². The number of aromatic nitrogens is 3. The summed E-state index contributed by atoms with van der Waals surface area (Å²) in [4.78, 5) is 31.4. The summed E-state index contributed by atoms with van der Waals surface area (Å²) in [5, 5.41) is 19.8. The number of rotatable bonds is 5. The number of carboxylic acids is 2. The molecule has 0 aromatic carbocycles. The Hall–Kier alpha value is -2.93. The Morgan fingerprint density at radius 3 is 2.46 bits per heavy atom. The first-order valence-electron chi connectivity index (χ1n) is 6.97. The molecule has 0 radical (unpaired) electrons. The van der Waals surface area contributed by atoms with Crippen LogP contribution in [0.2, 0.25) is 5.15 Å². The Labute approximate surface area is 141 Å². The zero-order chi connectivity index (χ0) is 17.3. The van der Waals surface area contributed by atoms with Gasteiger partial charge in [-0.25, -0.2) is 4.98 Å². The molecule has 0 aliphatic heterocycles. The summed E-state index contributed by atoms with van der Waals surface area (Å²) in [6.07, 6.45) is 4.48. The first-order chi connectivity index (χ1) is 11.5. The standard InChI is InChI=1S/C16H12ClN3O4/c17-11-7-9-3-2-6-19-14(9)20(11)13(10-4-1-5-18-8-10)12(15(21)22)16(23)24/h1-8,12-13H,(H,21,22)(H,23,24). The third kappa shape index (κ3) is 2.69. The molecule has 0 fully saturated rings. The van der Waals surface area contributed by atoms with E-state index in [2.05, 4.69) is 9.97 Å². The summed E-state index contributed by atoms with van der Waals surface area (Å²) in [5.74, 6) is -4.68. The molecule has 1 unspecified atom stereocenters. The highest BCUT2D eigenvalue weighted by atomic mass is 35.5. The van der Waals surface area contributed by atoms with Crippen molar-refractivity contribution in [3.63, 3.8) is 0 Å². The van der Waals surface area contributed by atoms with Gasteiger partial charge in [0.25, 0.3) is 0 Å². The minimum absolute atomic E-state index is 0.199. The third-order valence-electron chi connectivity index (χ3n) is 3.70. The van der Waals surface area contributed by atoms with Gasteiger partial charge < -0.3 is 14.8 Å². The highest BCUT2D eigenvalue weighted by Crippen LogP contribution is 2.34. The van der Waals surface area contributed by atoms with Gasteiger partial charge >= 0.3 is 11.9 Å². The predicted molar refractivity (Wildman–Crippen MR) is 85.9 cm³/mol. The molecular weight excluding hydrogens is 334 g/mol. The normalized spacial score (nSPS) is 12.4. The highest BCUT2D eigenvalue weighted by molar-refractivity contribution is 6.31. The SMILES string of the molecule is O=C(O)C(C(=O)O)C(c1cccnc1)n1c(Cl)cc2cccnc21. The molecule has 7 nitrogen and oxygen atoms in total. The number of fused-ring (bicyclic) bond motifs is 1. The number of nitrogens with zero attached hydrogens (tertiary/aromatic N) is 3. The molecule has 122 valence electrons. The van der Waals surface area contributed by atoms with Crippen molar-refractivity contribution in [2.45, 2.75) is 6.04 Å². The van der Waals surface area contributed by atoms with E-state index in [1.807, 2.05) is 0 Å². The largest absolute Gasteiger partial charge is 0.481 e. The molecule has 0 amide bonds. The van der Waals surface area contributed by atoms with Crippen LogP contribution in [0.15, 0.2) is 48.9 Å². The number of carboxylic acid groups (broad SMARTS) is 2. The molecule has 0 bridgehead atoms. The predicted octanol–water partition coefficient (Wildman–Crippen LogP) is 2.46. The van der Waals surface area contributed by atoms with Gasteiger partial charge in [-0.1, -0.05) is 17.7 Å². The monoisotopic (exact) mass is 345 g/mol. The second kappa shape index (κ2) is 6.29. The Morgan fingerprint density at radius 2 is 1.83 bits per heavy atom. The maximum atomic E-state index is 11.6. The van der Waals surface area contributed by atoms with E-state index in [1.165, 1.54) is 23.2 Å². The van der Waals surface area contributed by atoms with E-state index in [9.17, 15) is 19.8 Å². The zero-order valence-corrected chi connectivity index (χ0v) is 13.0. The van der Waals surface area contributed by atoms with Crippen molar-refractivity contribution in [1.82, 2.24) is 14.5 Å². The molecule has 3 rings (SSSR count). The van der Waals surface area contributed by atoms with E-state index in [0.717, 1.165) is 0 Å². The van der Waals surface area contributed by atoms with Gasteiger partial charge in [-0.15, -0.1) is 0 Å². The van der Waals surface area contributed by atoms with Gasteiger partial charge in [0.15, 0.2) is 5.92 Å². The topological polar surface area (TPSA) is 105 Å². The molecule has 0 aliphatic carbocycles. The van der Waals surface area contributed by atoms with Crippen LogP contribution >= 0.6 is 11.6 Å². The molecule has 0 saturated carbocycles. The molecule has 24 heavy (non-hydrogen) atoms. The van der Waals surface area contributed by atoms with E-state index >= 15 is 0 Å². The lowest BCUT2D eigenvalue weighted by Crippen LogP contribution is -2.34. The Morgan fingerprint density at radius 1 is 1.12 bits per heavy atom. The quantitative estimate of drug-likeness (QED) is 0.688. The van der Waals surface area contributed by atoms with E-state index in [4.69, 9.17) is 11.6 Å². The van der Waals surface area contributed by atoms with Crippen molar-refractivity contribution >= 4 is 34.6 Å². The molecule has 2 N–H and O–H groups in total. The van der Waals surface area contributed by atoms with Crippen LogP contribution in [0.4, 0.5) is 0 Å². The lowest BCUT2D eigenvalue weighted by Gasteiger charge is -2.24. The van der Waals surface area contributed by atoms with Gasteiger partial charge in [0.2, 0.25) is 0 Å². The van der Waals surface area contributed by atoms with E-state index in [1.54, 1.807) is 30.3 Å². The van der Waals surface area contributed by atoms with Crippen LogP contribution in [0.5, 0.6) is 0 Å². The van der Waals surface area contributed by atoms with Gasteiger partial charge in [-0.2, -0.15) is 0 Å². The summed E-state index contributed by atoms with van der Waals surface area (Å²) in [6, 6.07) is 7.23. The van der Waals surface area contributed by atoms with Crippen molar-refractivity contribution in [2.24, 2.45) is 5.92 Å². The molecule has 0 saturated heterocycles. The lowest BCUT2D eigenvalue weighted by molar-refractivity contribution is -0.156. The summed E-state index contributed by atoms with van der Waals surface area (Å²) >= 11 is 6.28. The molecular formula is C16H12ClN3O4. The van der Waals surface area contributed by atoms with Crippen LogP contribution in [-0.2, 0) is 9.59 Å². The van der Waals surface area contributed by atoms with Crippen LogP contribution in [0.3, 0.4) is 0 Å². The second-order valence-electron chi connectivity index (χ2n) is 5.14. The fourth-order valence-electron chi connectivity index (χ4n) is 2.70. The van der Waals surface area contributed by atoms with Gasteiger partial charge in [-0.05, 0) is 29.8 Å². The van der Waals surface area contributed by atoms with Gasteiger partial charge in [0.05, 0.1) is 6.04 Å². The second-order valence-corrected chi connectivity index (χ2v) is 5.53. The summed E-state index contributed by atoms with van der Waals surface area (Å²) < 4.78 is 1.42. The molecule has 3 aromatic rings. The fourth-order valence-corrected chi connectivity index (χ4v) is 3.01. The van der Waals surface area contributed by atoms with Crippen molar-refractivity contribution < 1.29 is 19.8 Å². The maximum absolute atomic E-state index is 11.6. The molecule has 3 aromatic heterocycles. The Balaban J connectivity index is 2.30. The Bertz CT molecular complexity index is 896. The van der Waals surface area contributed by atoms with Crippen LogP contribution in [0.25, 0.3) is 11.0 Å². The fraction of sp³-hybridized carbons (Fsp3) is 0.125. The minimum atomic E-state index is -1.75. The van der Waals surface area contributed by atoms with Crippen molar-refractivity contribution in [1.29, 1.82) is 0 Å². The summed E-state index contributed by atoms with van der Waals surface area (Å²) in [6.45, 7) is 0. The summed E-state index contributed by atoms with van der Waals surface area (Å²) in [7, 11) is 0.